The maximum Gasteiger partial charge on any atom is 0.354 e. The van der Waals surface area contributed by atoms with Crippen molar-refractivity contribution in [3.05, 3.63) is 11.8 Å². The Balaban J connectivity index is 4.97. The van der Waals surface area contributed by atoms with Gasteiger partial charge in [0, 0.05) is 13.1 Å². The van der Waals surface area contributed by atoms with Gasteiger partial charge in [0.25, 0.3) is 0 Å². The highest BCUT2D eigenvalue weighted by Crippen LogP contribution is 2.07. The summed E-state index contributed by atoms with van der Waals surface area (Å²) in [5.74, 6) is -1.09. The van der Waals surface area contributed by atoms with Crippen molar-refractivity contribution in [2.45, 2.75) is 20.3 Å². The van der Waals surface area contributed by atoms with E-state index >= 15 is 0 Å². The van der Waals surface area contributed by atoms with E-state index in [0.29, 0.717) is 13.1 Å². The number of likely N-dealkylation sites (N-methyl/N-ethyl adjacent to an activating group) is 1. The zero-order valence-corrected chi connectivity index (χ0v) is 10.3. The first kappa shape index (κ1) is 14.5. The predicted molar refractivity (Wildman–Crippen MR) is 59.7 cm³/mol. The summed E-state index contributed by atoms with van der Waals surface area (Å²) in [7, 11) is 2.55. The molecule has 5 heteroatoms. The van der Waals surface area contributed by atoms with Crippen LogP contribution in [0.2, 0.25) is 0 Å². The van der Waals surface area contributed by atoms with E-state index < -0.39 is 11.9 Å². The van der Waals surface area contributed by atoms with Gasteiger partial charge in [-0.1, -0.05) is 6.92 Å². The quantitative estimate of drug-likeness (QED) is 0.501. The summed E-state index contributed by atoms with van der Waals surface area (Å²) in [6, 6.07) is 0. The number of esters is 2. The van der Waals surface area contributed by atoms with Crippen LogP contribution in [0.4, 0.5) is 0 Å². The molecule has 0 aromatic heterocycles. The molecular formula is C11H19NO4. The maximum absolute atomic E-state index is 11.5. The molecule has 0 aliphatic heterocycles. The average Bonchev–Trinajstić information content (AvgIpc) is 2.32. The van der Waals surface area contributed by atoms with Crippen LogP contribution in [0.1, 0.15) is 20.3 Å². The van der Waals surface area contributed by atoms with Gasteiger partial charge in [0.2, 0.25) is 0 Å². The summed E-state index contributed by atoms with van der Waals surface area (Å²) in [4.78, 5) is 24.4. The molecule has 0 atom stereocenters. The largest absolute Gasteiger partial charge is 0.466 e. The molecule has 0 aromatic carbocycles. The third-order valence-corrected chi connectivity index (χ3v) is 2.07. The molecule has 16 heavy (non-hydrogen) atoms. The van der Waals surface area contributed by atoms with Crippen LogP contribution >= 0.6 is 0 Å². The standard InChI is InChI=1S/C11H19NO4/c1-5-7-12(6-2)9(11(14)16-4)8-10(13)15-3/h8H,5-7H2,1-4H3. The van der Waals surface area contributed by atoms with Gasteiger partial charge < -0.3 is 14.4 Å². The highest BCUT2D eigenvalue weighted by atomic mass is 16.5. The minimum atomic E-state index is -0.560. The molecule has 0 saturated heterocycles. The van der Waals surface area contributed by atoms with Gasteiger partial charge in [-0.15, -0.1) is 0 Å². The number of carbonyl (C=O) groups excluding carboxylic acids is 2. The van der Waals surface area contributed by atoms with Crippen molar-refractivity contribution < 1.29 is 19.1 Å². The second-order valence-corrected chi connectivity index (χ2v) is 3.12. The summed E-state index contributed by atoms with van der Waals surface area (Å²) in [5, 5.41) is 0. The Kier molecular flexibility index (Phi) is 7.00. The summed E-state index contributed by atoms with van der Waals surface area (Å²) < 4.78 is 9.13. The van der Waals surface area contributed by atoms with Crippen molar-refractivity contribution in [2.24, 2.45) is 0 Å². The molecule has 0 rings (SSSR count). The molecule has 0 saturated carbocycles. The number of rotatable bonds is 6. The fourth-order valence-corrected chi connectivity index (χ4v) is 1.27. The third kappa shape index (κ3) is 4.33. The van der Waals surface area contributed by atoms with Crippen LogP contribution in [-0.2, 0) is 19.1 Å². The first-order valence-corrected chi connectivity index (χ1v) is 5.23. The molecule has 0 unspecified atom stereocenters. The van der Waals surface area contributed by atoms with Crippen LogP contribution in [0.15, 0.2) is 11.8 Å². The van der Waals surface area contributed by atoms with E-state index in [1.165, 1.54) is 14.2 Å². The fraction of sp³-hybridized carbons (Fsp3) is 0.636. The van der Waals surface area contributed by atoms with Gasteiger partial charge in [-0.3, -0.25) is 0 Å². The van der Waals surface area contributed by atoms with Gasteiger partial charge in [0.15, 0.2) is 0 Å². The van der Waals surface area contributed by atoms with Gasteiger partial charge in [0.1, 0.15) is 5.70 Å². The van der Waals surface area contributed by atoms with E-state index in [0.717, 1.165) is 12.5 Å². The smallest absolute Gasteiger partial charge is 0.354 e. The Morgan fingerprint density at radius 1 is 1.19 bits per heavy atom. The Hall–Kier alpha value is -1.52. The Morgan fingerprint density at radius 2 is 1.81 bits per heavy atom. The molecular weight excluding hydrogens is 210 g/mol. The van der Waals surface area contributed by atoms with E-state index in [-0.39, 0.29) is 5.70 Å². The molecule has 0 bridgehead atoms. The molecule has 0 amide bonds. The van der Waals surface area contributed by atoms with Crippen LogP contribution < -0.4 is 0 Å². The monoisotopic (exact) mass is 229 g/mol. The fourth-order valence-electron chi connectivity index (χ4n) is 1.27. The molecule has 0 fully saturated rings. The lowest BCUT2D eigenvalue weighted by Crippen LogP contribution is -2.29. The minimum absolute atomic E-state index is 0.235. The van der Waals surface area contributed by atoms with Crippen molar-refractivity contribution in [1.29, 1.82) is 0 Å². The van der Waals surface area contributed by atoms with Crippen molar-refractivity contribution in [1.82, 2.24) is 4.90 Å². The minimum Gasteiger partial charge on any atom is -0.466 e. The van der Waals surface area contributed by atoms with Gasteiger partial charge in [0.05, 0.1) is 20.3 Å². The average molecular weight is 229 g/mol. The lowest BCUT2D eigenvalue weighted by atomic mass is 10.3. The van der Waals surface area contributed by atoms with Crippen LogP contribution in [0.25, 0.3) is 0 Å². The molecule has 0 N–H and O–H groups in total. The Bertz CT molecular complexity index is 273. The van der Waals surface area contributed by atoms with Crippen LogP contribution in [0.3, 0.4) is 0 Å². The van der Waals surface area contributed by atoms with Crippen molar-refractivity contribution >= 4 is 11.9 Å². The van der Waals surface area contributed by atoms with E-state index in [2.05, 4.69) is 9.47 Å². The van der Waals surface area contributed by atoms with Gasteiger partial charge in [-0.05, 0) is 13.3 Å². The highest BCUT2D eigenvalue weighted by Gasteiger charge is 2.18. The Labute approximate surface area is 96.0 Å². The number of methoxy groups -OCH3 is 2. The summed E-state index contributed by atoms with van der Waals surface area (Å²) in [6.45, 7) is 5.22. The van der Waals surface area contributed by atoms with Crippen LogP contribution in [0, 0.1) is 0 Å². The number of hydrogen-bond donors (Lipinski definition) is 0. The molecule has 5 nitrogen and oxygen atoms in total. The molecule has 0 aliphatic rings. The molecule has 0 spiro atoms. The van der Waals surface area contributed by atoms with E-state index in [1.807, 2.05) is 13.8 Å². The van der Waals surface area contributed by atoms with Gasteiger partial charge in [-0.2, -0.15) is 0 Å². The lowest BCUT2D eigenvalue weighted by molar-refractivity contribution is -0.140. The highest BCUT2D eigenvalue weighted by molar-refractivity contribution is 5.95. The number of nitrogens with zero attached hydrogens (tertiary/aromatic N) is 1. The van der Waals surface area contributed by atoms with E-state index in [1.54, 1.807) is 4.90 Å². The maximum atomic E-state index is 11.5. The van der Waals surface area contributed by atoms with Gasteiger partial charge >= 0.3 is 11.9 Å². The van der Waals surface area contributed by atoms with Crippen LogP contribution in [0.5, 0.6) is 0 Å². The number of hydrogen-bond acceptors (Lipinski definition) is 5. The summed E-state index contributed by atoms with van der Waals surface area (Å²) in [5.41, 5.74) is 0.235. The van der Waals surface area contributed by atoms with Crippen molar-refractivity contribution in [3.63, 3.8) is 0 Å². The normalized spacial score (nSPS) is 10.9. The predicted octanol–water partition coefficient (Wildman–Crippen LogP) is 0.948. The topological polar surface area (TPSA) is 55.8 Å². The van der Waals surface area contributed by atoms with E-state index in [4.69, 9.17) is 0 Å². The SMILES string of the molecule is CCCN(CC)C(=CC(=O)OC)C(=O)OC. The Morgan fingerprint density at radius 3 is 2.19 bits per heavy atom. The van der Waals surface area contributed by atoms with E-state index in [9.17, 15) is 9.59 Å². The third-order valence-electron chi connectivity index (χ3n) is 2.07. The molecule has 0 heterocycles. The summed E-state index contributed by atoms with van der Waals surface area (Å²) in [6.07, 6.45) is 2.04. The number of carbonyl (C=O) groups is 2. The van der Waals surface area contributed by atoms with Crippen LogP contribution in [-0.4, -0.2) is 44.1 Å². The van der Waals surface area contributed by atoms with Crippen molar-refractivity contribution in [3.8, 4) is 0 Å². The lowest BCUT2D eigenvalue weighted by Gasteiger charge is -2.23. The molecule has 0 aromatic rings. The molecule has 0 radical (unpaired) electrons. The van der Waals surface area contributed by atoms with Gasteiger partial charge in [-0.25, -0.2) is 9.59 Å². The summed E-state index contributed by atoms with van der Waals surface area (Å²) >= 11 is 0. The zero-order chi connectivity index (χ0) is 12.6. The second kappa shape index (κ2) is 7.73. The number of ether oxygens (including phenoxy) is 2. The molecule has 0 aliphatic carbocycles. The molecule has 92 valence electrons. The van der Waals surface area contributed by atoms with Crippen molar-refractivity contribution in [2.75, 3.05) is 27.3 Å². The first-order chi connectivity index (χ1) is 7.60. The first-order valence-electron chi connectivity index (χ1n) is 5.23. The zero-order valence-electron chi connectivity index (χ0n) is 10.3. The second-order valence-electron chi connectivity index (χ2n) is 3.12.